The van der Waals surface area contributed by atoms with Gasteiger partial charge in [-0.2, -0.15) is 0 Å². The molecule has 0 aliphatic heterocycles. The van der Waals surface area contributed by atoms with Gasteiger partial charge >= 0.3 is 5.97 Å². The van der Waals surface area contributed by atoms with Crippen molar-refractivity contribution in [3.8, 4) is 11.5 Å². The molecule has 0 unspecified atom stereocenters. The van der Waals surface area contributed by atoms with Crippen molar-refractivity contribution in [3.63, 3.8) is 0 Å². The van der Waals surface area contributed by atoms with Crippen LogP contribution in [0.3, 0.4) is 0 Å². The van der Waals surface area contributed by atoms with Crippen molar-refractivity contribution in [3.05, 3.63) is 29.8 Å². The van der Waals surface area contributed by atoms with Gasteiger partial charge in [-0.15, -0.1) is 0 Å². The molecule has 0 radical (unpaired) electrons. The third-order valence-corrected chi connectivity index (χ3v) is 2.52. The molecule has 0 aliphatic carbocycles. The molecule has 0 saturated carbocycles. The molecule has 0 aromatic heterocycles. The Morgan fingerprint density at radius 1 is 1.14 bits per heavy atom. The highest BCUT2D eigenvalue weighted by Gasteiger charge is 2.05. The largest absolute Gasteiger partial charge is 0.490 e. The molecule has 1 aromatic rings. The number of hydrogen-bond donors (Lipinski definition) is 1. The standard InChI is InChI=1S/C16H22O5/c1-3-9-19-10-11-21-14-7-5-13(6-8-16(17)18)12-15(14)20-4-2/h5-8,12H,3-4,9-11H2,1-2H3,(H,17,18)/b8-6+. The minimum absolute atomic E-state index is 0.449. The molecule has 0 aliphatic rings. The topological polar surface area (TPSA) is 65.0 Å². The molecular formula is C16H22O5. The molecule has 1 rings (SSSR count). The van der Waals surface area contributed by atoms with Gasteiger partial charge in [-0.3, -0.25) is 0 Å². The second-order valence-electron chi connectivity index (χ2n) is 4.27. The van der Waals surface area contributed by atoms with Gasteiger partial charge in [-0.25, -0.2) is 4.79 Å². The van der Waals surface area contributed by atoms with E-state index in [1.54, 1.807) is 18.2 Å². The zero-order valence-electron chi connectivity index (χ0n) is 12.5. The Labute approximate surface area is 125 Å². The van der Waals surface area contributed by atoms with Gasteiger partial charge in [0.2, 0.25) is 0 Å². The van der Waals surface area contributed by atoms with Gasteiger partial charge < -0.3 is 19.3 Å². The summed E-state index contributed by atoms with van der Waals surface area (Å²) < 4.78 is 16.5. The van der Waals surface area contributed by atoms with Gasteiger partial charge in [0.15, 0.2) is 11.5 Å². The van der Waals surface area contributed by atoms with Crippen molar-refractivity contribution in [2.45, 2.75) is 20.3 Å². The van der Waals surface area contributed by atoms with Crippen LogP contribution in [-0.2, 0) is 9.53 Å². The van der Waals surface area contributed by atoms with Gasteiger partial charge in [0.05, 0.1) is 13.2 Å². The third kappa shape index (κ3) is 6.81. The summed E-state index contributed by atoms with van der Waals surface area (Å²) in [5.74, 6) is 0.242. The minimum atomic E-state index is -0.985. The zero-order valence-corrected chi connectivity index (χ0v) is 12.5. The van der Waals surface area contributed by atoms with Gasteiger partial charge in [0, 0.05) is 12.7 Å². The Balaban J connectivity index is 2.67. The molecule has 0 bridgehead atoms. The second-order valence-corrected chi connectivity index (χ2v) is 4.27. The Hall–Kier alpha value is -2.01. The maximum absolute atomic E-state index is 10.5. The summed E-state index contributed by atoms with van der Waals surface area (Å²) in [4.78, 5) is 10.5. The molecule has 1 N–H and O–H groups in total. The van der Waals surface area contributed by atoms with E-state index in [9.17, 15) is 4.79 Å². The molecule has 0 saturated heterocycles. The van der Waals surface area contributed by atoms with Crippen LogP contribution in [0, 0.1) is 0 Å². The normalized spacial score (nSPS) is 10.8. The van der Waals surface area contributed by atoms with E-state index >= 15 is 0 Å². The first-order valence-corrected chi connectivity index (χ1v) is 7.05. The summed E-state index contributed by atoms with van der Waals surface area (Å²) in [7, 11) is 0. The lowest BCUT2D eigenvalue weighted by atomic mass is 10.2. The molecule has 0 atom stereocenters. The quantitative estimate of drug-likeness (QED) is 0.531. The van der Waals surface area contributed by atoms with Crippen molar-refractivity contribution in [2.24, 2.45) is 0 Å². The Kier molecular flexibility index (Phi) is 7.97. The number of rotatable bonds is 10. The lowest BCUT2D eigenvalue weighted by Crippen LogP contribution is -2.08. The molecule has 0 heterocycles. The highest BCUT2D eigenvalue weighted by atomic mass is 16.5. The monoisotopic (exact) mass is 294 g/mol. The molecule has 0 spiro atoms. The van der Waals surface area contributed by atoms with Crippen molar-refractivity contribution in [2.75, 3.05) is 26.4 Å². The fraction of sp³-hybridized carbons (Fsp3) is 0.438. The molecule has 0 amide bonds. The molecular weight excluding hydrogens is 272 g/mol. The number of carboxylic acid groups (broad SMARTS) is 1. The van der Waals surface area contributed by atoms with E-state index in [1.807, 2.05) is 6.92 Å². The van der Waals surface area contributed by atoms with E-state index in [-0.39, 0.29) is 0 Å². The van der Waals surface area contributed by atoms with E-state index < -0.39 is 5.97 Å². The number of aliphatic carboxylic acids is 1. The first-order valence-electron chi connectivity index (χ1n) is 7.05. The molecule has 0 fully saturated rings. The number of carboxylic acids is 1. The fourth-order valence-electron chi connectivity index (χ4n) is 1.64. The second kappa shape index (κ2) is 9.83. The van der Waals surface area contributed by atoms with Crippen molar-refractivity contribution in [1.29, 1.82) is 0 Å². The van der Waals surface area contributed by atoms with E-state index in [2.05, 4.69) is 6.92 Å². The number of ether oxygens (including phenoxy) is 3. The van der Waals surface area contributed by atoms with Crippen LogP contribution >= 0.6 is 0 Å². The molecule has 116 valence electrons. The van der Waals surface area contributed by atoms with E-state index in [0.29, 0.717) is 31.3 Å². The summed E-state index contributed by atoms with van der Waals surface area (Å²) in [6.07, 6.45) is 3.58. The summed E-state index contributed by atoms with van der Waals surface area (Å²) >= 11 is 0. The predicted molar refractivity (Wildman–Crippen MR) is 80.9 cm³/mol. The number of carbonyl (C=O) groups is 1. The summed E-state index contributed by atoms with van der Waals surface area (Å²) in [5, 5.41) is 8.63. The van der Waals surface area contributed by atoms with E-state index in [0.717, 1.165) is 24.7 Å². The van der Waals surface area contributed by atoms with Gasteiger partial charge in [-0.1, -0.05) is 13.0 Å². The summed E-state index contributed by atoms with van der Waals surface area (Å²) in [6, 6.07) is 5.31. The van der Waals surface area contributed by atoms with Crippen LogP contribution in [0.1, 0.15) is 25.8 Å². The van der Waals surface area contributed by atoms with Crippen LogP contribution in [0.5, 0.6) is 11.5 Å². The van der Waals surface area contributed by atoms with E-state index in [4.69, 9.17) is 19.3 Å². The first kappa shape index (κ1) is 17.0. The molecule has 21 heavy (non-hydrogen) atoms. The van der Waals surface area contributed by atoms with Gasteiger partial charge in [0.1, 0.15) is 6.61 Å². The van der Waals surface area contributed by atoms with Crippen LogP contribution in [0.25, 0.3) is 6.08 Å². The third-order valence-electron chi connectivity index (χ3n) is 2.52. The van der Waals surface area contributed by atoms with Crippen LogP contribution in [0.4, 0.5) is 0 Å². The highest BCUT2D eigenvalue weighted by molar-refractivity contribution is 5.85. The fourth-order valence-corrected chi connectivity index (χ4v) is 1.64. The predicted octanol–water partition coefficient (Wildman–Crippen LogP) is 2.99. The molecule has 5 nitrogen and oxygen atoms in total. The van der Waals surface area contributed by atoms with E-state index in [1.165, 1.54) is 6.08 Å². The zero-order chi connectivity index (χ0) is 15.5. The van der Waals surface area contributed by atoms with Crippen LogP contribution in [0.2, 0.25) is 0 Å². The van der Waals surface area contributed by atoms with Gasteiger partial charge in [0.25, 0.3) is 0 Å². The first-order chi connectivity index (χ1) is 10.2. The van der Waals surface area contributed by atoms with Crippen molar-refractivity contribution >= 4 is 12.0 Å². The average Bonchev–Trinajstić information content (AvgIpc) is 2.47. The Morgan fingerprint density at radius 2 is 1.95 bits per heavy atom. The maximum atomic E-state index is 10.5. The van der Waals surface area contributed by atoms with Crippen LogP contribution < -0.4 is 9.47 Å². The maximum Gasteiger partial charge on any atom is 0.328 e. The van der Waals surface area contributed by atoms with Crippen LogP contribution in [-0.4, -0.2) is 37.5 Å². The lowest BCUT2D eigenvalue weighted by molar-refractivity contribution is -0.131. The highest BCUT2D eigenvalue weighted by Crippen LogP contribution is 2.29. The van der Waals surface area contributed by atoms with Crippen molar-refractivity contribution < 1.29 is 24.1 Å². The summed E-state index contributed by atoms with van der Waals surface area (Å²) in [5.41, 5.74) is 0.746. The van der Waals surface area contributed by atoms with Crippen molar-refractivity contribution in [1.82, 2.24) is 0 Å². The minimum Gasteiger partial charge on any atom is -0.490 e. The summed E-state index contributed by atoms with van der Waals surface area (Å²) in [6.45, 7) is 6.14. The SMILES string of the molecule is CCCOCCOc1ccc(/C=C/C(=O)O)cc1OCC. The smallest absolute Gasteiger partial charge is 0.328 e. The Bertz CT molecular complexity index is 468. The number of hydrogen-bond acceptors (Lipinski definition) is 4. The molecule has 1 aromatic carbocycles. The molecule has 5 heteroatoms. The van der Waals surface area contributed by atoms with Crippen LogP contribution in [0.15, 0.2) is 24.3 Å². The number of benzene rings is 1. The van der Waals surface area contributed by atoms with Gasteiger partial charge in [-0.05, 0) is 37.1 Å². The lowest BCUT2D eigenvalue weighted by Gasteiger charge is -2.12. The Morgan fingerprint density at radius 3 is 2.62 bits per heavy atom. The average molecular weight is 294 g/mol.